The van der Waals surface area contributed by atoms with Gasteiger partial charge in [0.15, 0.2) is 13.1 Å². The second-order valence-corrected chi connectivity index (χ2v) is 14.6. The SMILES string of the molecule is CCCCCCCCC=CCCCCCCCC(=O)OC(=O)C[N+](C)(C)CC(=O)OC(=O)CCCCCCCC=CCCCCCCCC. The van der Waals surface area contributed by atoms with Crippen LogP contribution in [0, 0.1) is 0 Å². The number of carbonyl (C=O) groups excluding carboxylic acids is 4. The molecule has 0 aromatic heterocycles. The van der Waals surface area contributed by atoms with Crippen LogP contribution in [0.3, 0.4) is 0 Å². The van der Waals surface area contributed by atoms with Crippen molar-refractivity contribution in [2.45, 2.75) is 194 Å². The third-order valence-corrected chi connectivity index (χ3v) is 8.86. The molecule has 0 saturated heterocycles. The molecule has 0 rings (SSSR count). The Balaban J connectivity index is 3.80. The van der Waals surface area contributed by atoms with Crippen LogP contribution in [0.15, 0.2) is 24.3 Å². The maximum Gasteiger partial charge on any atom is 0.369 e. The van der Waals surface area contributed by atoms with Crippen LogP contribution in [-0.4, -0.2) is 55.5 Å². The van der Waals surface area contributed by atoms with Gasteiger partial charge >= 0.3 is 23.9 Å². The predicted molar refractivity (Wildman–Crippen MR) is 203 cm³/mol. The van der Waals surface area contributed by atoms with Gasteiger partial charge in [0.2, 0.25) is 0 Å². The Labute approximate surface area is 301 Å². The van der Waals surface area contributed by atoms with Crippen molar-refractivity contribution >= 4 is 23.9 Å². The Bertz CT molecular complexity index is 824. The average molecular weight is 691 g/mol. The van der Waals surface area contributed by atoms with Gasteiger partial charge in [0, 0.05) is 12.8 Å². The predicted octanol–water partition coefficient (Wildman–Crippen LogP) is 11.3. The zero-order valence-electron chi connectivity index (χ0n) is 32.4. The van der Waals surface area contributed by atoms with Gasteiger partial charge in [0.05, 0.1) is 14.1 Å². The lowest BCUT2D eigenvalue weighted by Crippen LogP contribution is -2.48. The highest BCUT2D eigenvalue weighted by atomic mass is 16.6. The number of quaternary nitrogens is 1. The molecule has 0 bridgehead atoms. The molecule has 7 nitrogen and oxygen atoms in total. The van der Waals surface area contributed by atoms with Crippen LogP contribution in [0.5, 0.6) is 0 Å². The number of nitrogens with zero attached hydrogens (tertiary/aromatic N) is 1. The second kappa shape index (κ2) is 34.2. The summed E-state index contributed by atoms with van der Waals surface area (Å²) in [7, 11) is 3.34. The van der Waals surface area contributed by atoms with Gasteiger partial charge in [-0.2, -0.15) is 0 Å². The molecule has 284 valence electrons. The molecule has 0 heterocycles. The van der Waals surface area contributed by atoms with Gasteiger partial charge < -0.3 is 14.0 Å². The lowest BCUT2D eigenvalue weighted by Gasteiger charge is -2.26. The first-order valence-electron chi connectivity index (χ1n) is 20.3. The van der Waals surface area contributed by atoms with E-state index in [2.05, 4.69) is 38.2 Å². The highest BCUT2D eigenvalue weighted by Gasteiger charge is 2.28. The number of esters is 4. The molecule has 49 heavy (non-hydrogen) atoms. The molecule has 7 heteroatoms. The monoisotopic (exact) mass is 691 g/mol. The number of rotatable bonds is 34. The molecule has 0 fully saturated rings. The maximum absolute atomic E-state index is 12.3. The molecule has 0 aliphatic carbocycles. The first-order valence-corrected chi connectivity index (χ1v) is 20.3. The van der Waals surface area contributed by atoms with E-state index in [1.165, 1.54) is 89.9 Å². The van der Waals surface area contributed by atoms with Crippen molar-refractivity contribution in [3.05, 3.63) is 24.3 Å². The van der Waals surface area contributed by atoms with Crippen LogP contribution in [0.4, 0.5) is 0 Å². The van der Waals surface area contributed by atoms with Crippen LogP contribution >= 0.6 is 0 Å². The van der Waals surface area contributed by atoms with Crippen molar-refractivity contribution in [3.63, 3.8) is 0 Å². The van der Waals surface area contributed by atoms with Crippen LogP contribution in [0.25, 0.3) is 0 Å². The number of unbranched alkanes of at least 4 members (excludes halogenated alkanes) is 22. The van der Waals surface area contributed by atoms with Crippen molar-refractivity contribution in [3.8, 4) is 0 Å². The molecular weight excluding hydrogens is 614 g/mol. The molecule has 0 aliphatic heterocycles. The number of allylic oxidation sites excluding steroid dienone is 4. The maximum atomic E-state index is 12.3. The molecule has 0 unspecified atom stereocenters. The molecule has 0 aromatic carbocycles. The smallest absolute Gasteiger partial charge is 0.369 e. The normalized spacial score (nSPS) is 11.8. The van der Waals surface area contributed by atoms with Gasteiger partial charge in [-0.25, -0.2) is 9.59 Å². The minimum absolute atomic E-state index is 0.0565. The fourth-order valence-corrected chi connectivity index (χ4v) is 5.86. The van der Waals surface area contributed by atoms with Gasteiger partial charge in [0.1, 0.15) is 0 Å². The summed E-state index contributed by atoms with van der Waals surface area (Å²) in [6.45, 7) is 4.18. The summed E-state index contributed by atoms with van der Waals surface area (Å²) in [5, 5.41) is 0. The van der Waals surface area contributed by atoms with Gasteiger partial charge in [-0.3, -0.25) is 9.59 Å². The minimum atomic E-state index is -0.671. The molecule has 0 aromatic rings. The summed E-state index contributed by atoms with van der Waals surface area (Å²) in [6, 6.07) is 0. The summed E-state index contributed by atoms with van der Waals surface area (Å²) >= 11 is 0. The molecule has 0 radical (unpaired) electrons. The third-order valence-electron chi connectivity index (χ3n) is 8.86. The van der Waals surface area contributed by atoms with Crippen LogP contribution in [0.2, 0.25) is 0 Å². The number of carbonyl (C=O) groups is 4. The molecule has 0 amide bonds. The quantitative estimate of drug-likeness (QED) is 0.0220. The summed E-state index contributed by atoms with van der Waals surface area (Å²) in [5.74, 6) is -2.40. The summed E-state index contributed by atoms with van der Waals surface area (Å²) in [4.78, 5) is 48.9. The number of ether oxygens (including phenoxy) is 2. The van der Waals surface area contributed by atoms with Crippen LogP contribution in [0.1, 0.15) is 194 Å². The van der Waals surface area contributed by atoms with Gasteiger partial charge in [-0.15, -0.1) is 0 Å². The van der Waals surface area contributed by atoms with Gasteiger partial charge in [-0.05, 0) is 64.2 Å². The van der Waals surface area contributed by atoms with Crippen molar-refractivity contribution in [2.75, 3.05) is 27.2 Å². The standard InChI is InChI=1S/C42H76NO6/c1-5-7-9-11-13-15-17-19-21-23-25-27-29-31-33-35-39(44)48-41(46)37-43(3,4)38-42(47)49-40(45)36-34-32-30-28-26-24-22-20-18-16-14-12-10-8-6-2/h19-22H,5-18,23-38H2,1-4H3/q+1. The van der Waals surface area contributed by atoms with E-state index in [1.54, 1.807) is 14.1 Å². The summed E-state index contributed by atoms with van der Waals surface area (Å²) in [5.41, 5.74) is 0. The Morgan fingerprint density at radius 1 is 0.388 bits per heavy atom. The number of hydrogen-bond acceptors (Lipinski definition) is 6. The fraction of sp³-hybridized carbons (Fsp3) is 0.810. The first-order chi connectivity index (χ1) is 23.7. The highest BCUT2D eigenvalue weighted by Crippen LogP contribution is 2.12. The Morgan fingerprint density at radius 3 is 0.959 bits per heavy atom. The van der Waals surface area contributed by atoms with E-state index in [4.69, 9.17) is 9.47 Å². The zero-order valence-corrected chi connectivity index (χ0v) is 32.4. The minimum Gasteiger partial charge on any atom is -0.389 e. The molecule has 0 spiro atoms. The van der Waals surface area contributed by atoms with Crippen LogP contribution in [-0.2, 0) is 28.7 Å². The van der Waals surface area contributed by atoms with Gasteiger partial charge in [0.25, 0.3) is 0 Å². The third kappa shape index (κ3) is 35.4. The van der Waals surface area contributed by atoms with E-state index in [-0.39, 0.29) is 30.4 Å². The van der Waals surface area contributed by atoms with Crippen LogP contribution < -0.4 is 0 Å². The Kier molecular flexibility index (Phi) is 32.6. The summed E-state index contributed by atoms with van der Waals surface area (Å²) in [6.07, 6.45) is 40.3. The van der Waals surface area contributed by atoms with E-state index >= 15 is 0 Å². The molecule has 0 atom stereocenters. The van der Waals surface area contributed by atoms with Gasteiger partial charge in [-0.1, -0.05) is 141 Å². The Hall–Kier alpha value is -2.28. The Morgan fingerprint density at radius 2 is 0.653 bits per heavy atom. The zero-order chi connectivity index (χ0) is 36.3. The van der Waals surface area contributed by atoms with E-state index in [9.17, 15) is 19.2 Å². The van der Waals surface area contributed by atoms with Crippen molar-refractivity contribution in [1.29, 1.82) is 0 Å². The summed E-state index contributed by atoms with van der Waals surface area (Å²) < 4.78 is 9.90. The number of hydrogen-bond donors (Lipinski definition) is 0. The topological polar surface area (TPSA) is 86.7 Å². The lowest BCUT2D eigenvalue weighted by molar-refractivity contribution is -0.875. The van der Waals surface area contributed by atoms with E-state index in [1.807, 2.05) is 0 Å². The lowest BCUT2D eigenvalue weighted by atomic mass is 10.1. The van der Waals surface area contributed by atoms with E-state index < -0.39 is 23.9 Å². The largest absolute Gasteiger partial charge is 0.389 e. The van der Waals surface area contributed by atoms with Crippen molar-refractivity contribution in [2.24, 2.45) is 0 Å². The highest BCUT2D eigenvalue weighted by molar-refractivity contribution is 5.87. The molecule has 0 N–H and O–H groups in total. The second-order valence-electron chi connectivity index (χ2n) is 14.6. The number of likely N-dealkylation sites (N-methyl/N-ethyl adjacent to an activating group) is 1. The average Bonchev–Trinajstić information content (AvgIpc) is 3.04. The molecule has 0 aliphatic rings. The van der Waals surface area contributed by atoms with E-state index in [0.717, 1.165) is 64.2 Å². The van der Waals surface area contributed by atoms with Crippen molar-refractivity contribution in [1.82, 2.24) is 0 Å². The molecule has 0 saturated carbocycles. The molecular formula is C42H76NO6+. The first kappa shape index (κ1) is 46.7. The van der Waals surface area contributed by atoms with E-state index in [0.29, 0.717) is 12.8 Å². The fourth-order valence-electron chi connectivity index (χ4n) is 5.86. The van der Waals surface area contributed by atoms with Crippen molar-refractivity contribution < 1.29 is 33.1 Å².